The molecule has 3 amide bonds. The van der Waals surface area contributed by atoms with E-state index in [4.69, 9.17) is 9.47 Å². The maximum Gasteiger partial charge on any atom is 0.407 e. The summed E-state index contributed by atoms with van der Waals surface area (Å²) in [4.78, 5) is 48.4. The molecule has 2 aromatic rings. The number of carbonyl (C=O) groups is 4. The smallest absolute Gasteiger partial charge is 0.407 e. The highest BCUT2D eigenvalue weighted by atomic mass is 16.6. The SMILES string of the molecule is CC(NC(=O)c1ccccc1NC(=O)COC(=O)CCNC(=O)OC(C)(C)C)c1ccccc1. The molecule has 0 aromatic heterocycles. The molecule has 0 fully saturated rings. The Morgan fingerprint density at radius 1 is 0.941 bits per heavy atom. The number of alkyl carbamates (subject to hydrolysis) is 1. The molecule has 0 saturated carbocycles. The van der Waals surface area contributed by atoms with E-state index in [1.165, 1.54) is 0 Å². The Morgan fingerprint density at radius 3 is 2.26 bits per heavy atom. The van der Waals surface area contributed by atoms with E-state index in [0.29, 0.717) is 5.69 Å². The first kappa shape index (κ1) is 26.4. The fourth-order valence-electron chi connectivity index (χ4n) is 2.87. The summed E-state index contributed by atoms with van der Waals surface area (Å²) < 4.78 is 10.0. The van der Waals surface area contributed by atoms with E-state index >= 15 is 0 Å². The molecule has 0 heterocycles. The number of anilines is 1. The first-order valence-corrected chi connectivity index (χ1v) is 10.9. The number of amides is 3. The monoisotopic (exact) mass is 469 g/mol. The van der Waals surface area contributed by atoms with Crippen LogP contribution >= 0.6 is 0 Å². The lowest BCUT2D eigenvalue weighted by Crippen LogP contribution is -2.34. The summed E-state index contributed by atoms with van der Waals surface area (Å²) in [6, 6.07) is 15.8. The van der Waals surface area contributed by atoms with Crippen molar-refractivity contribution in [2.24, 2.45) is 0 Å². The first-order chi connectivity index (χ1) is 16.0. The molecular weight excluding hydrogens is 438 g/mol. The molecule has 2 rings (SSSR count). The van der Waals surface area contributed by atoms with Gasteiger partial charge in [0.1, 0.15) is 5.60 Å². The van der Waals surface area contributed by atoms with Crippen molar-refractivity contribution in [3.8, 4) is 0 Å². The van der Waals surface area contributed by atoms with Crippen LogP contribution in [0.15, 0.2) is 54.6 Å². The number of esters is 1. The number of nitrogens with one attached hydrogen (secondary N) is 3. The quantitative estimate of drug-likeness (QED) is 0.483. The average molecular weight is 470 g/mol. The Hall–Kier alpha value is -3.88. The van der Waals surface area contributed by atoms with Crippen molar-refractivity contribution in [2.75, 3.05) is 18.5 Å². The molecule has 0 radical (unpaired) electrons. The molecule has 34 heavy (non-hydrogen) atoms. The van der Waals surface area contributed by atoms with Gasteiger partial charge in [0.2, 0.25) is 0 Å². The van der Waals surface area contributed by atoms with Crippen LogP contribution in [0.25, 0.3) is 0 Å². The van der Waals surface area contributed by atoms with Crippen LogP contribution < -0.4 is 16.0 Å². The zero-order chi connectivity index (χ0) is 25.1. The van der Waals surface area contributed by atoms with Gasteiger partial charge in [0.05, 0.1) is 23.7 Å². The van der Waals surface area contributed by atoms with Gasteiger partial charge in [-0.1, -0.05) is 42.5 Å². The number of para-hydroxylation sites is 1. The highest BCUT2D eigenvalue weighted by Crippen LogP contribution is 2.18. The van der Waals surface area contributed by atoms with Crippen molar-refractivity contribution < 1.29 is 28.7 Å². The Balaban J connectivity index is 1.82. The van der Waals surface area contributed by atoms with Crippen LogP contribution in [0.1, 0.15) is 56.1 Å². The lowest BCUT2D eigenvalue weighted by atomic mass is 10.1. The molecule has 182 valence electrons. The van der Waals surface area contributed by atoms with Crippen LogP contribution in [0, 0.1) is 0 Å². The fourth-order valence-corrected chi connectivity index (χ4v) is 2.87. The molecule has 1 unspecified atom stereocenters. The maximum atomic E-state index is 12.8. The first-order valence-electron chi connectivity index (χ1n) is 10.9. The van der Waals surface area contributed by atoms with E-state index in [1.54, 1.807) is 45.0 Å². The molecule has 0 bridgehead atoms. The van der Waals surface area contributed by atoms with Crippen LogP contribution in [0.2, 0.25) is 0 Å². The van der Waals surface area contributed by atoms with E-state index in [2.05, 4.69) is 16.0 Å². The van der Waals surface area contributed by atoms with E-state index in [1.807, 2.05) is 37.3 Å². The zero-order valence-corrected chi connectivity index (χ0v) is 19.8. The summed E-state index contributed by atoms with van der Waals surface area (Å²) in [5.74, 6) is -1.60. The van der Waals surface area contributed by atoms with Crippen molar-refractivity contribution >= 4 is 29.6 Å². The van der Waals surface area contributed by atoms with Gasteiger partial charge in [-0.05, 0) is 45.4 Å². The lowest BCUT2D eigenvalue weighted by molar-refractivity contribution is -0.147. The molecule has 0 aliphatic heterocycles. The molecular formula is C25H31N3O6. The number of carbonyl (C=O) groups excluding carboxylic acids is 4. The Bertz CT molecular complexity index is 1000. The van der Waals surface area contributed by atoms with Gasteiger partial charge in [-0.2, -0.15) is 0 Å². The summed E-state index contributed by atoms with van der Waals surface area (Å²) >= 11 is 0. The lowest BCUT2D eigenvalue weighted by Gasteiger charge is -2.19. The Kier molecular flexibility index (Phi) is 9.61. The predicted molar refractivity (Wildman–Crippen MR) is 127 cm³/mol. The molecule has 0 spiro atoms. The highest BCUT2D eigenvalue weighted by molar-refractivity contribution is 6.04. The van der Waals surface area contributed by atoms with Gasteiger partial charge < -0.3 is 25.4 Å². The second-order valence-electron chi connectivity index (χ2n) is 8.54. The number of hydrogen-bond acceptors (Lipinski definition) is 6. The van der Waals surface area contributed by atoms with Gasteiger partial charge in [-0.25, -0.2) is 4.79 Å². The largest absolute Gasteiger partial charge is 0.456 e. The van der Waals surface area contributed by atoms with Crippen molar-refractivity contribution in [3.05, 3.63) is 65.7 Å². The Morgan fingerprint density at radius 2 is 1.59 bits per heavy atom. The van der Waals surface area contributed by atoms with Crippen LogP contribution in [0.4, 0.5) is 10.5 Å². The van der Waals surface area contributed by atoms with Gasteiger partial charge in [0, 0.05) is 6.54 Å². The molecule has 2 aromatic carbocycles. The molecule has 1 atom stereocenters. The second kappa shape index (κ2) is 12.4. The summed E-state index contributed by atoms with van der Waals surface area (Å²) in [6.07, 6.45) is -0.766. The van der Waals surface area contributed by atoms with Crippen molar-refractivity contribution in [3.63, 3.8) is 0 Å². The molecule has 0 saturated heterocycles. The number of rotatable bonds is 9. The summed E-state index contributed by atoms with van der Waals surface area (Å²) in [6.45, 7) is 6.53. The van der Waals surface area contributed by atoms with Gasteiger partial charge in [-0.15, -0.1) is 0 Å². The Labute approximate surface area is 199 Å². The number of ether oxygens (including phenoxy) is 2. The van der Waals surface area contributed by atoms with E-state index in [9.17, 15) is 19.2 Å². The highest BCUT2D eigenvalue weighted by Gasteiger charge is 2.18. The minimum Gasteiger partial charge on any atom is -0.456 e. The minimum absolute atomic E-state index is 0.0119. The summed E-state index contributed by atoms with van der Waals surface area (Å²) in [7, 11) is 0. The van der Waals surface area contributed by atoms with Gasteiger partial charge >= 0.3 is 12.1 Å². The van der Waals surface area contributed by atoms with E-state index in [-0.39, 0.29) is 30.5 Å². The molecule has 9 nitrogen and oxygen atoms in total. The normalized spacial score (nSPS) is 11.6. The zero-order valence-electron chi connectivity index (χ0n) is 19.8. The number of benzene rings is 2. The number of hydrogen-bond donors (Lipinski definition) is 3. The molecule has 0 aliphatic carbocycles. The maximum absolute atomic E-state index is 12.8. The standard InChI is InChI=1S/C25H31N3O6/c1-17(18-10-6-5-7-11-18)27-23(31)19-12-8-9-13-20(19)28-21(29)16-33-22(30)14-15-26-24(32)34-25(2,3)4/h5-13,17H,14-16H2,1-4H3,(H,26,32)(H,27,31)(H,28,29). The fraction of sp³-hybridized carbons (Fsp3) is 0.360. The van der Waals surface area contributed by atoms with Gasteiger partial charge in [0.15, 0.2) is 6.61 Å². The molecule has 3 N–H and O–H groups in total. The van der Waals surface area contributed by atoms with Crippen LogP contribution in [-0.2, 0) is 19.1 Å². The van der Waals surface area contributed by atoms with E-state index < -0.39 is 30.2 Å². The van der Waals surface area contributed by atoms with E-state index in [0.717, 1.165) is 5.56 Å². The minimum atomic E-state index is -0.658. The molecule has 0 aliphatic rings. The second-order valence-corrected chi connectivity index (χ2v) is 8.54. The third kappa shape index (κ3) is 9.32. The average Bonchev–Trinajstić information content (AvgIpc) is 2.77. The topological polar surface area (TPSA) is 123 Å². The van der Waals surface area contributed by atoms with Gasteiger partial charge in [-0.3, -0.25) is 14.4 Å². The van der Waals surface area contributed by atoms with Crippen molar-refractivity contribution in [2.45, 2.75) is 45.8 Å². The van der Waals surface area contributed by atoms with Crippen LogP contribution in [0.5, 0.6) is 0 Å². The predicted octanol–water partition coefficient (Wildman–Crippen LogP) is 3.57. The van der Waals surface area contributed by atoms with Crippen molar-refractivity contribution in [1.29, 1.82) is 0 Å². The van der Waals surface area contributed by atoms with Gasteiger partial charge in [0.25, 0.3) is 11.8 Å². The third-order valence-corrected chi connectivity index (χ3v) is 4.45. The molecule has 9 heteroatoms. The van der Waals surface area contributed by atoms with Crippen LogP contribution in [0.3, 0.4) is 0 Å². The van der Waals surface area contributed by atoms with Crippen LogP contribution in [-0.4, -0.2) is 42.6 Å². The summed E-state index contributed by atoms with van der Waals surface area (Å²) in [5, 5.41) is 7.93. The van der Waals surface area contributed by atoms with Crippen molar-refractivity contribution in [1.82, 2.24) is 10.6 Å². The summed E-state index contributed by atoms with van der Waals surface area (Å²) in [5.41, 5.74) is 0.889. The third-order valence-electron chi connectivity index (χ3n) is 4.45.